The zero-order valence-electron chi connectivity index (χ0n) is 13.7. The molecular weight excluding hydrogens is 296 g/mol. The lowest BCUT2D eigenvalue weighted by molar-refractivity contribution is 0.319. The zero-order valence-corrected chi connectivity index (χ0v) is 14.5. The van der Waals surface area contributed by atoms with Crippen molar-refractivity contribution in [1.29, 1.82) is 0 Å². The monoisotopic (exact) mass is 320 g/mol. The molecule has 2 rings (SSSR count). The third kappa shape index (κ3) is 5.47. The molecule has 0 unspecified atom stereocenters. The van der Waals surface area contributed by atoms with Gasteiger partial charge in [0.15, 0.2) is 0 Å². The molecule has 1 saturated carbocycles. The molecule has 4 nitrogen and oxygen atoms in total. The van der Waals surface area contributed by atoms with E-state index in [0.717, 1.165) is 19.0 Å². The van der Waals surface area contributed by atoms with Crippen LogP contribution in [0.3, 0.4) is 0 Å². The third-order valence-corrected chi connectivity index (χ3v) is 4.22. The minimum Gasteiger partial charge on any atom is -0.344 e. The van der Waals surface area contributed by atoms with Gasteiger partial charge in [0.25, 0.3) is 0 Å². The molecule has 1 aliphatic carbocycles. The van der Waals surface area contributed by atoms with Crippen LogP contribution in [-0.2, 0) is 0 Å². The van der Waals surface area contributed by atoms with Crippen molar-refractivity contribution in [3.05, 3.63) is 17.4 Å². The number of rotatable bonds is 4. The lowest BCUT2D eigenvalue weighted by atomic mass is 9.82. The molecule has 120 valence electrons. The highest BCUT2D eigenvalue weighted by molar-refractivity contribution is 6.30. The second-order valence-electron chi connectivity index (χ2n) is 6.36. The second kappa shape index (κ2) is 8.36. The Balaban J connectivity index is 1.77. The van der Waals surface area contributed by atoms with E-state index in [0.29, 0.717) is 16.9 Å². The van der Waals surface area contributed by atoms with Gasteiger partial charge in [-0.25, -0.2) is 9.97 Å². The minimum absolute atomic E-state index is 0.577. The highest BCUT2D eigenvalue weighted by Gasteiger charge is 2.21. The van der Waals surface area contributed by atoms with E-state index in [4.69, 9.17) is 11.6 Å². The maximum atomic E-state index is 5.83. The first kappa shape index (κ1) is 17.1. The predicted molar refractivity (Wildman–Crippen MR) is 92.1 cm³/mol. The normalized spacial score (nSPS) is 21.3. The summed E-state index contributed by atoms with van der Waals surface area (Å²) in [5, 5.41) is 0.578. The van der Waals surface area contributed by atoms with E-state index in [-0.39, 0.29) is 0 Å². The van der Waals surface area contributed by atoms with Crippen molar-refractivity contribution in [2.24, 2.45) is 11.8 Å². The lowest BCUT2D eigenvalue weighted by Crippen LogP contribution is -2.29. The van der Waals surface area contributed by atoms with E-state index >= 15 is 0 Å². The molecule has 1 aromatic heterocycles. The molecule has 0 bridgehead atoms. The van der Waals surface area contributed by atoms with Gasteiger partial charge in [-0.15, -0.1) is 0 Å². The van der Waals surface area contributed by atoms with E-state index < -0.39 is 0 Å². The minimum atomic E-state index is 0.577. The first-order valence-corrected chi connectivity index (χ1v) is 8.24. The van der Waals surface area contributed by atoms with Crippen molar-refractivity contribution >= 4 is 17.5 Å². The van der Waals surface area contributed by atoms with Gasteiger partial charge in [-0.05, 0) is 45.7 Å². The summed E-state index contributed by atoms with van der Waals surface area (Å²) < 4.78 is 0. The van der Waals surface area contributed by atoms with Crippen molar-refractivity contribution < 1.29 is 0 Å². The maximum Gasteiger partial charge on any atom is 0.225 e. The van der Waals surface area contributed by atoms with Crippen LogP contribution in [0.25, 0.3) is 0 Å². The summed E-state index contributed by atoms with van der Waals surface area (Å²) in [7, 11) is 6.16. The smallest absolute Gasteiger partial charge is 0.225 e. The van der Waals surface area contributed by atoms with Gasteiger partial charge in [-0.2, -0.15) is 0 Å². The number of anilines is 1. The molecule has 0 aliphatic heterocycles. The standard InChI is InChI=1S/C17H25ClN4/c1-21(2)10-4-5-14-6-8-15(9-7-14)13-22(3)17-19-11-16(18)12-20-17/h11-12,14-15H,6-10,13H2,1-3H3/t14-,15-. The summed E-state index contributed by atoms with van der Waals surface area (Å²) >= 11 is 5.83. The third-order valence-electron chi connectivity index (χ3n) is 4.03. The molecule has 0 spiro atoms. The summed E-state index contributed by atoms with van der Waals surface area (Å²) in [6, 6.07) is 0. The molecule has 0 atom stereocenters. The Morgan fingerprint density at radius 2 is 1.77 bits per heavy atom. The number of nitrogens with zero attached hydrogens (tertiary/aromatic N) is 4. The van der Waals surface area contributed by atoms with Crippen LogP contribution in [0.4, 0.5) is 5.95 Å². The van der Waals surface area contributed by atoms with Crippen molar-refractivity contribution in [2.45, 2.75) is 25.7 Å². The van der Waals surface area contributed by atoms with Gasteiger partial charge in [0.2, 0.25) is 5.95 Å². The number of halogens is 1. The molecule has 1 aromatic rings. The van der Waals surface area contributed by atoms with Gasteiger partial charge >= 0.3 is 0 Å². The van der Waals surface area contributed by atoms with Crippen molar-refractivity contribution in [1.82, 2.24) is 14.9 Å². The molecule has 1 aliphatic rings. The second-order valence-corrected chi connectivity index (χ2v) is 6.79. The molecule has 22 heavy (non-hydrogen) atoms. The Bertz CT molecular complexity index is 510. The van der Waals surface area contributed by atoms with Crippen LogP contribution < -0.4 is 4.90 Å². The van der Waals surface area contributed by atoms with E-state index in [9.17, 15) is 0 Å². The van der Waals surface area contributed by atoms with Gasteiger partial charge in [0, 0.05) is 19.5 Å². The summed E-state index contributed by atoms with van der Waals surface area (Å²) in [5.74, 6) is 8.72. The largest absolute Gasteiger partial charge is 0.344 e. The molecule has 1 fully saturated rings. The molecular formula is C17H25ClN4. The molecule has 0 amide bonds. The van der Waals surface area contributed by atoms with E-state index in [1.54, 1.807) is 12.4 Å². The average Bonchev–Trinajstić information content (AvgIpc) is 2.49. The van der Waals surface area contributed by atoms with Crippen LogP contribution in [0.2, 0.25) is 5.02 Å². The summed E-state index contributed by atoms with van der Waals surface area (Å²) in [6.45, 7) is 1.86. The predicted octanol–water partition coefficient (Wildman–Crippen LogP) is 2.94. The Morgan fingerprint density at radius 1 is 1.14 bits per heavy atom. The van der Waals surface area contributed by atoms with Crippen molar-refractivity contribution in [3.63, 3.8) is 0 Å². The number of hydrogen-bond donors (Lipinski definition) is 0. The van der Waals surface area contributed by atoms with Gasteiger partial charge in [0.05, 0.1) is 24.0 Å². The topological polar surface area (TPSA) is 32.3 Å². The van der Waals surface area contributed by atoms with E-state index in [1.165, 1.54) is 25.7 Å². The van der Waals surface area contributed by atoms with Gasteiger partial charge in [0.1, 0.15) is 0 Å². The summed E-state index contributed by atoms with van der Waals surface area (Å²) in [4.78, 5) is 12.8. The first-order valence-electron chi connectivity index (χ1n) is 7.86. The molecule has 0 radical (unpaired) electrons. The van der Waals surface area contributed by atoms with Gasteiger partial charge < -0.3 is 4.90 Å². The van der Waals surface area contributed by atoms with Crippen molar-refractivity contribution in [3.8, 4) is 11.8 Å². The molecule has 0 N–H and O–H groups in total. The van der Waals surface area contributed by atoms with Crippen LogP contribution >= 0.6 is 11.6 Å². The lowest BCUT2D eigenvalue weighted by Gasteiger charge is -2.29. The molecule has 5 heteroatoms. The zero-order chi connectivity index (χ0) is 15.9. The van der Waals surface area contributed by atoms with E-state index in [2.05, 4.69) is 45.7 Å². The Labute approximate surface area is 138 Å². The first-order chi connectivity index (χ1) is 10.5. The fraction of sp³-hybridized carbons (Fsp3) is 0.647. The van der Waals surface area contributed by atoms with Crippen molar-refractivity contribution in [2.75, 3.05) is 39.1 Å². The van der Waals surface area contributed by atoms with Crippen LogP contribution in [0.5, 0.6) is 0 Å². The SMILES string of the molecule is CN(C)CC#C[C@H]1CC[C@H](CN(C)c2ncc(Cl)cn2)CC1. The maximum absolute atomic E-state index is 5.83. The van der Waals surface area contributed by atoms with Crippen LogP contribution in [0, 0.1) is 23.7 Å². The quantitative estimate of drug-likeness (QED) is 0.798. The van der Waals surface area contributed by atoms with Crippen LogP contribution in [-0.4, -0.2) is 49.1 Å². The summed E-state index contributed by atoms with van der Waals surface area (Å²) in [5.41, 5.74) is 0. The fourth-order valence-corrected chi connectivity index (χ4v) is 2.91. The number of hydrogen-bond acceptors (Lipinski definition) is 4. The highest BCUT2D eigenvalue weighted by Crippen LogP contribution is 2.29. The summed E-state index contributed by atoms with van der Waals surface area (Å²) in [6.07, 6.45) is 8.19. The highest BCUT2D eigenvalue weighted by atomic mass is 35.5. The van der Waals surface area contributed by atoms with E-state index in [1.807, 2.05) is 7.05 Å². The van der Waals surface area contributed by atoms with Crippen LogP contribution in [0.1, 0.15) is 25.7 Å². The van der Waals surface area contributed by atoms with Crippen LogP contribution in [0.15, 0.2) is 12.4 Å². The average molecular weight is 321 g/mol. The van der Waals surface area contributed by atoms with Gasteiger partial charge in [-0.1, -0.05) is 23.4 Å². The Hall–Kier alpha value is -1.31. The Morgan fingerprint density at radius 3 is 2.36 bits per heavy atom. The Kier molecular flexibility index (Phi) is 6.48. The van der Waals surface area contributed by atoms with Gasteiger partial charge in [-0.3, -0.25) is 4.90 Å². The molecule has 0 aromatic carbocycles. The fourth-order valence-electron chi connectivity index (χ4n) is 2.81. The number of aromatic nitrogens is 2. The molecule has 0 saturated heterocycles. The molecule has 1 heterocycles.